The first-order valence-corrected chi connectivity index (χ1v) is 9.68. The van der Waals surface area contributed by atoms with Gasteiger partial charge in [-0.25, -0.2) is 4.39 Å². The first-order chi connectivity index (χ1) is 14.6. The highest BCUT2D eigenvalue weighted by Crippen LogP contribution is 2.29. The Labute approximate surface area is 172 Å². The summed E-state index contributed by atoms with van der Waals surface area (Å²) in [6.07, 6.45) is 6.68. The van der Waals surface area contributed by atoms with Gasteiger partial charge in [0, 0.05) is 25.5 Å². The number of hydrogen-bond donors (Lipinski definition) is 2. The molecule has 0 saturated carbocycles. The Morgan fingerprint density at radius 2 is 1.93 bits per heavy atom. The molecule has 3 heterocycles. The minimum Gasteiger partial charge on any atom is -0.370 e. The van der Waals surface area contributed by atoms with E-state index in [9.17, 15) is 14.0 Å². The molecule has 0 aliphatic carbocycles. The maximum atomic E-state index is 13.7. The molecule has 0 spiro atoms. The fourth-order valence-corrected chi connectivity index (χ4v) is 3.39. The number of nitrogens with one attached hydrogen (secondary N) is 2. The van der Waals surface area contributed by atoms with Crippen LogP contribution < -0.4 is 15.5 Å². The number of anilines is 3. The first-order valence-electron chi connectivity index (χ1n) is 9.68. The number of rotatable bonds is 6. The molecule has 30 heavy (non-hydrogen) atoms. The van der Waals surface area contributed by atoms with Crippen molar-refractivity contribution < 1.29 is 14.0 Å². The quantitative estimate of drug-likeness (QED) is 0.654. The van der Waals surface area contributed by atoms with Crippen molar-refractivity contribution in [3.8, 4) is 0 Å². The largest absolute Gasteiger partial charge is 0.370 e. The van der Waals surface area contributed by atoms with Crippen molar-refractivity contribution in [1.82, 2.24) is 14.8 Å². The highest BCUT2D eigenvalue weighted by Gasteiger charge is 2.18. The zero-order valence-electron chi connectivity index (χ0n) is 16.2. The van der Waals surface area contributed by atoms with Gasteiger partial charge in [0.05, 0.1) is 23.3 Å². The van der Waals surface area contributed by atoms with Gasteiger partial charge in [0.2, 0.25) is 5.91 Å². The maximum absolute atomic E-state index is 13.7. The van der Waals surface area contributed by atoms with Gasteiger partial charge < -0.3 is 15.5 Å². The number of nitrogens with zero attached hydrogens (tertiary/aromatic N) is 4. The smallest absolute Gasteiger partial charge is 0.274 e. The number of benzene rings is 1. The first kappa shape index (κ1) is 19.6. The Balaban J connectivity index is 1.39. The van der Waals surface area contributed by atoms with E-state index in [1.807, 2.05) is 0 Å². The second-order valence-electron chi connectivity index (χ2n) is 7.00. The number of carbonyl (C=O) groups excluding carboxylic acids is 2. The summed E-state index contributed by atoms with van der Waals surface area (Å²) < 4.78 is 15.1. The van der Waals surface area contributed by atoms with Crippen LogP contribution in [0.25, 0.3) is 0 Å². The number of halogens is 1. The highest BCUT2D eigenvalue weighted by molar-refractivity contribution is 6.02. The molecule has 1 aliphatic rings. The minimum atomic E-state index is -0.410. The van der Waals surface area contributed by atoms with Crippen LogP contribution in [0.15, 0.2) is 55.0 Å². The molecule has 2 aromatic heterocycles. The molecule has 0 atom stereocenters. The molecule has 154 valence electrons. The lowest BCUT2D eigenvalue weighted by molar-refractivity contribution is -0.116. The average Bonchev–Trinajstić information content (AvgIpc) is 3.41. The van der Waals surface area contributed by atoms with Crippen LogP contribution in [0, 0.1) is 5.82 Å². The summed E-state index contributed by atoms with van der Waals surface area (Å²) in [6.45, 7) is 1.69. The predicted molar refractivity (Wildman–Crippen MR) is 111 cm³/mol. The Hall–Kier alpha value is -3.75. The molecule has 1 aliphatic heterocycles. The second-order valence-corrected chi connectivity index (χ2v) is 7.00. The fraction of sp³-hybridized carbons (Fsp3) is 0.238. The standard InChI is InChI=1S/C21H21FN6O2/c22-15-6-7-19(27-9-3-4-10-27)18(11-15)26-20(29)14-28-13-16(12-24-28)25-21(30)17-5-1-2-8-23-17/h1-2,5-8,11-13H,3-4,9-10,14H2,(H,25,30)(H,26,29). The lowest BCUT2D eigenvalue weighted by Crippen LogP contribution is -2.23. The Morgan fingerprint density at radius 1 is 1.10 bits per heavy atom. The SMILES string of the molecule is O=C(Cn1cc(NC(=O)c2ccccn2)cn1)Nc1cc(F)ccc1N1CCCC1. The van der Waals surface area contributed by atoms with Crippen molar-refractivity contribution in [2.45, 2.75) is 19.4 Å². The molecule has 0 radical (unpaired) electrons. The van der Waals surface area contributed by atoms with Crippen LogP contribution in [0.3, 0.4) is 0 Å². The molecule has 1 aromatic carbocycles. The highest BCUT2D eigenvalue weighted by atomic mass is 19.1. The van der Waals surface area contributed by atoms with E-state index in [2.05, 4.69) is 25.6 Å². The third-order valence-electron chi connectivity index (χ3n) is 4.77. The van der Waals surface area contributed by atoms with Crippen molar-refractivity contribution in [2.75, 3.05) is 28.6 Å². The van der Waals surface area contributed by atoms with Gasteiger partial charge in [-0.05, 0) is 43.2 Å². The average molecular weight is 408 g/mol. The van der Waals surface area contributed by atoms with Crippen molar-refractivity contribution in [3.05, 3.63) is 66.5 Å². The fourth-order valence-electron chi connectivity index (χ4n) is 3.39. The van der Waals surface area contributed by atoms with Gasteiger partial charge in [0.15, 0.2) is 0 Å². The lowest BCUT2D eigenvalue weighted by Gasteiger charge is -2.21. The van der Waals surface area contributed by atoms with E-state index in [1.54, 1.807) is 30.5 Å². The molecule has 0 bridgehead atoms. The predicted octanol–water partition coefficient (Wildman–Crippen LogP) is 2.91. The number of pyridine rings is 1. The third-order valence-corrected chi connectivity index (χ3v) is 4.77. The molecular weight excluding hydrogens is 387 g/mol. The van der Waals surface area contributed by atoms with E-state index in [0.29, 0.717) is 11.4 Å². The van der Waals surface area contributed by atoms with Crippen molar-refractivity contribution in [3.63, 3.8) is 0 Å². The molecule has 1 fully saturated rings. The van der Waals surface area contributed by atoms with Crippen molar-refractivity contribution in [2.24, 2.45) is 0 Å². The topological polar surface area (TPSA) is 92.1 Å². The van der Waals surface area contributed by atoms with E-state index in [1.165, 1.54) is 29.2 Å². The zero-order valence-corrected chi connectivity index (χ0v) is 16.2. The summed E-state index contributed by atoms with van der Waals surface area (Å²) in [5, 5.41) is 9.55. The number of aromatic nitrogens is 3. The summed E-state index contributed by atoms with van der Waals surface area (Å²) in [5.74, 6) is -1.12. The van der Waals surface area contributed by atoms with Gasteiger partial charge in [-0.2, -0.15) is 5.10 Å². The number of hydrogen-bond acceptors (Lipinski definition) is 5. The molecule has 9 heteroatoms. The molecule has 2 amide bonds. The van der Waals surface area contributed by atoms with Crippen molar-refractivity contribution in [1.29, 1.82) is 0 Å². The van der Waals surface area contributed by atoms with E-state index in [-0.39, 0.29) is 24.1 Å². The van der Waals surface area contributed by atoms with Crippen LogP contribution in [0.1, 0.15) is 23.3 Å². The maximum Gasteiger partial charge on any atom is 0.274 e. The number of amides is 2. The normalized spacial score (nSPS) is 13.3. The summed E-state index contributed by atoms with van der Waals surface area (Å²) in [4.78, 5) is 30.8. The van der Waals surface area contributed by atoms with Gasteiger partial charge >= 0.3 is 0 Å². The third kappa shape index (κ3) is 4.62. The van der Waals surface area contributed by atoms with Crippen LogP contribution in [-0.2, 0) is 11.3 Å². The molecule has 2 N–H and O–H groups in total. The molecular formula is C21H21FN6O2. The van der Waals surface area contributed by atoms with Gasteiger partial charge in [-0.15, -0.1) is 0 Å². The van der Waals surface area contributed by atoms with Gasteiger partial charge in [-0.1, -0.05) is 6.07 Å². The monoisotopic (exact) mass is 408 g/mol. The van der Waals surface area contributed by atoms with E-state index >= 15 is 0 Å². The second kappa shape index (κ2) is 8.73. The molecule has 3 aromatic rings. The van der Waals surface area contributed by atoms with Gasteiger partial charge in [-0.3, -0.25) is 19.3 Å². The van der Waals surface area contributed by atoms with E-state index in [0.717, 1.165) is 31.6 Å². The Morgan fingerprint density at radius 3 is 2.70 bits per heavy atom. The minimum absolute atomic E-state index is 0.0740. The number of carbonyl (C=O) groups is 2. The van der Waals surface area contributed by atoms with Crippen LogP contribution >= 0.6 is 0 Å². The van der Waals surface area contributed by atoms with Crippen LogP contribution in [0.4, 0.5) is 21.5 Å². The van der Waals surface area contributed by atoms with Crippen LogP contribution in [0.5, 0.6) is 0 Å². The summed E-state index contributed by atoms with van der Waals surface area (Å²) in [5.41, 5.74) is 1.98. The summed E-state index contributed by atoms with van der Waals surface area (Å²) >= 11 is 0. The molecule has 4 rings (SSSR count). The van der Waals surface area contributed by atoms with Crippen LogP contribution in [0.2, 0.25) is 0 Å². The molecule has 0 unspecified atom stereocenters. The lowest BCUT2D eigenvalue weighted by atomic mass is 10.2. The van der Waals surface area contributed by atoms with Gasteiger partial charge in [0.25, 0.3) is 5.91 Å². The van der Waals surface area contributed by atoms with Crippen molar-refractivity contribution >= 4 is 28.9 Å². The van der Waals surface area contributed by atoms with Gasteiger partial charge in [0.1, 0.15) is 18.1 Å². The van der Waals surface area contributed by atoms with Crippen LogP contribution in [-0.4, -0.2) is 39.7 Å². The molecule has 1 saturated heterocycles. The summed E-state index contributed by atoms with van der Waals surface area (Å²) in [7, 11) is 0. The zero-order chi connectivity index (χ0) is 20.9. The van der Waals surface area contributed by atoms with E-state index in [4.69, 9.17) is 0 Å². The summed E-state index contributed by atoms with van der Waals surface area (Å²) in [6, 6.07) is 9.46. The Kier molecular flexibility index (Phi) is 5.69. The van der Waals surface area contributed by atoms with E-state index < -0.39 is 5.82 Å². The Bertz CT molecular complexity index is 1050. The molecule has 8 nitrogen and oxygen atoms in total.